The lowest BCUT2D eigenvalue weighted by molar-refractivity contribution is -0.121. The zero-order valence-electron chi connectivity index (χ0n) is 14.4. The maximum absolute atomic E-state index is 11.2. The molecule has 1 aliphatic heterocycles. The molecule has 1 heterocycles. The Hall–Kier alpha value is -2.25. The van der Waals surface area contributed by atoms with Crippen LogP contribution in [0.25, 0.3) is 0 Å². The van der Waals surface area contributed by atoms with Crippen LogP contribution in [0.5, 0.6) is 17.2 Å². The number of hydrogen-bond donors (Lipinski definition) is 2. The van der Waals surface area contributed by atoms with E-state index in [4.69, 9.17) is 21.1 Å². The van der Waals surface area contributed by atoms with Gasteiger partial charge in [0.1, 0.15) is 17.2 Å². The Balaban J connectivity index is 1.47. The number of hydrazone groups is 1. The Labute approximate surface area is 170 Å². The molecule has 0 unspecified atom stereocenters. The van der Waals surface area contributed by atoms with E-state index in [0.29, 0.717) is 53.5 Å². The summed E-state index contributed by atoms with van der Waals surface area (Å²) in [5, 5.41) is 14.0. The van der Waals surface area contributed by atoms with Crippen molar-refractivity contribution in [2.24, 2.45) is 5.10 Å². The highest BCUT2D eigenvalue weighted by Crippen LogP contribution is 2.28. The number of hydrogen-bond acceptors (Lipinski definition) is 5. The van der Waals surface area contributed by atoms with E-state index >= 15 is 0 Å². The Morgan fingerprint density at radius 1 is 1.15 bits per heavy atom. The van der Waals surface area contributed by atoms with Gasteiger partial charge in [0.2, 0.25) is 5.91 Å². The minimum Gasteiger partial charge on any atom is -0.507 e. The summed E-state index contributed by atoms with van der Waals surface area (Å²) < 4.78 is 11.9. The summed E-state index contributed by atoms with van der Waals surface area (Å²) in [6.07, 6.45) is 1.69. The van der Waals surface area contributed by atoms with Crippen molar-refractivity contribution >= 4 is 39.1 Å². The number of benzene rings is 2. The molecule has 0 saturated carbocycles. The molecule has 2 N–H and O–H groups in total. The second-order valence-corrected chi connectivity index (χ2v) is 7.16. The van der Waals surface area contributed by atoms with Crippen LogP contribution in [0.15, 0.2) is 46.0 Å². The van der Waals surface area contributed by atoms with Gasteiger partial charge in [-0.05, 0) is 57.9 Å². The van der Waals surface area contributed by atoms with Gasteiger partial charge < -0.3 is 14.6 Å². The Morgan fingerprint density at radius 3 is 2.67 bits per heavy atom. The van der Waals surface area contributed by atoms with Crippen molar-refractivity contribution < 1.29 is 19.4 Å². The second-order valence-electron chi connectivity index (χ2n) is 5.90. The molecule has 0 aromatic heterocycles. The number of halogens is 2. The smallest absolute Gasteiger partial charge is 0.240 e. The molecule has 0 atom stereocenters. The number of amides is 1. The van der Waals surface area contributed by atoms with Crippen molar-refractivity contribution in [3.63, 3.8) is 0 Å². The highest BCUT2D eigenvalue weighted by molar-refractivity contribution is 9.10. The molecular weight excluding hydrogens is 436 g/mol. The molecule has 0 saturated heterocycles. The van der Waals surface area contributed by atoms with Gasteiger partial charge in [-0.2, -0.15) is 5.10 Å². The van der Waals surface area contributed by atoms with Gasteiger partial charge in [-0.3, -0.25) is 4.79 Å². The zero-order valence-corrected chi connectivity index (χ0v) is 16.7. The monoisotopic (exact) mass is 452 g/mol. The summed E-state index contributed by atoms with van der Waals surface area (Å²) in [5.41, 5.74) is 4.15. The molecule has 0 bridgehead atoms. The molecule has 142 valence electrons. The van der Waals surface area contributed by atoms with E-state index in [1.54, 1.807) is 30.3 Å². The van der Waals surface area contributed by atoms with Crippen LogP contribution in [0.4, 0.5) is 0 Å². The van der Waals surface area contributed by atoms with Crippen molar-refractivity contribution in [3.05, 3.63) is 51.5 Å². The molecular formula is C19H18BrClN2O4. The summed E-state index contributed by atoms with van der Waals surface area (Å²) in [4.78, 5) is 11.2. The van der Waals surface area contributed by atoms with Crippen LogP contribution in [-0.4, -0.2) is 29.9 Å². The number of rotatable bonds is 7. The summed E-state index contributed by atoms with van der Waals surface area (Å²) in [5.74, 6) is 1.35. The number of nitrogens with zero attached hydrogens (tertiary/aromatic N) is 1. The first-order valence-corrected chi connectivity index (χ1v) is 9.59. The maximum atomic E-state index is 11.2. The van der Waals surface area contributed by atoms with E-state index in [-0.39, 0.29) is 11.7 Å². The quantitative estimate of drug-likeness (QED) is 0.614. The highest BCUT2D eigenvalue weighted by atomic mass is 79.9. The van der Waals surface area contributed by atoms with Gasteiger partial charge in [-0.15, -0.1) is 0 Å². The average molecular weight is 454 g/mol. The van der Waals surface area contributed by atoms with Gasteiger partial charge in [0.15, 0.2) is 0 Å². The van der Waals surface area contributed by atoms with Crippen LogP contribution >= 0.6 is 27.5 Å². The van der Waals surface area contributed by atoms with E-state index in [1.165, 1.54) is 0 Å². The van der Waals surface area contributed by atoms with Crippen molar-refractivity contribution in [1.29, 1.82) is 0 Å². The Morgan fingerprint density at radius 2 is 1.96 bits per heavy atom. The number of carbonyl (C=O) groups is 1. The number of phenols is 1. The number of phenolic OH excluding ortho intramolecular Hbond substituents is 1. The van der Waals surface area contributed by atoms with Crippen molar-refractivity contribution in [1.82, 2.24) is 5.43 Å². The predicted molar refractivity (Wildman–Crippen MR) is 107 cm³/mol. The van der Waals surface area contributed by atoms with Gasteiger partial charge in [0, 0.05) is 19.3 Å². The first-order chi connectivity index (χ1) is 13.0. The van der Waals surface area contributed by atoms with Gasteiger partial charge in [-0.25, -0.2) is 5.43 Å². The molecule has 6 nitrogen and oxygen atoms in total. The van der Waals surface area contributed by atoms with Crippen molar-refractivity contribution in [3.8, 4) is 17.2 Å². The lowest BCUT2D eigenvalue weighted by Gasteiger charge is -2.14. The Bertz CT molecular complexity index is 873. The number of carbonyl (C=O) groups excluding carboxylic acids is 1. The fourth-order valence-corrected chi connectivity index (χ4v) is 3.08. The molecule has 2 aromatic carbocycles. The molecule has 0 aliphatic carbocycles. The summed E-state index contributed by atoms with van der Waals surface area (Å²) in [6, 6.07) is 10.4. The van der Waals surface area contributed by atoms with E-state index in [1.807, 2.05) is 6.07 Å². The molecule has 2 aromatic rings. The van der Waals surface area contributed by atoms with E-state index in [2.05, 4.69) is 26.5 Å². The predicted octanol–water partition coefficient (Wildman–Crippen LogP) is 4.27. The summed E-state index contributed by atoms with van der Waals surface area (Å²) >= 11 is 9.54. The van der Waals surface area contributed by atoms with Gasteiger partial charge in [-0.1, -0.05) is 11.6 Å². The topological polar surface area (TPSA) is 80.2 Å². The molecule has 0 fully saturated rings. The van der Waals surface area contributed by atoms with Gasteiger partial charge in [0.05, 0.1) is 28.4 Å². The SMILES string of the molecule is O=C1CCC(c2ccc(OCCCOc3ccc(O)c(Br)c3)c(Cl)c2)=NN1. The zero-order chi connectivity index (χ0) is 19.2. The van der Waals surface area contributed by atoms with Crippen LogP contribution in [0.1, 0.15) is 24.8 Å². The fraction of sp³-hybridized carbons (Fsp3) is 0.263. The third kappa shape index (κ3) is 5.37. The highest BCUT2D eigenvalue weighted by Gasteiger charge is 2.14. The largest absolute Gasteiger partial charge is 0.507 e. The molecule has 1 aliphatic rings. The minimum atomic E-state index is -0.0771. The first kappa shape index (κ1) is 19.5. The van der Waals surface area contributed by atoms with Crippen molar-refractivity contribution in [2.75, 3.05) is 13.2 Å². The lowest BCUT2D eigenvalue weighted by Crippen LogP contribution is -2.25. The third-order valence-electron chi connectivity index (χ3n) is 3.90. The van der Waals surface area contributed by atoms with Crippen molar-refractivity contribution in [2.45, 2.75) is 19.3 Å². The molecule has 8 heteroatoms. The average Bonchev–Trinajstić information content (AvgIpc) is 2.66. The maximum Gasteiger partial charge on any atom is 0.240 e. The first-order valence-electron chi connectivity index (χ1n) is 8.42. The molecule has 0 radical (unpaired) electrons. The van der Waals surface area contributed by atoms with Gasteiger partial charge in [0.25, 0.3) is 0 Å². The van der Waals surface area contributed by atoms with Crippen LogP contribution in [0.3, 0.4) is 0 Å². The van der Waals surface area contributed by atoms with Crippen LogP contribution in [0, 0.1) is 0 Å². The van der Waals surface area contributed by atoms with E-state index < -0.39 is 0 Å². The lowest BCUT2D eigenvalue weighted by atomic mass is 10.0. The third-order valence-corrected chi connectivity index (χ3v) is 4.83. The van der Waals surface area contributed by atoms with E-state index in [9.17, 15) is 9.90 Å². The molecule has 3 rings (SSSR count). The van der Waals surface area contributed by atoms with E-state index in [0.717, 1.165) is 11.3 Å². The fourth-order valence-electron chi connectivity index (χ4n) is 2.49. The molecule has 1 amide bonds. The standard InChI is InChI=1S/C19H18BrClN2O4/c20-14-11-13(3-5-17(14)24)26-8-1-9-27-18-6-2-12(10-15(18)21)16-4-7-19(25)23-22-16/h2-3,5-6,10-11,24H,1,4,7-9H2,(H,23,25). The second kappa shape index (κ2) is 9.10. The molecule has 27 heavy (non-hydrogen) atoms. The number of nitrogens with one attached hydrogen (secondary N) is 1. The minimum absolute atomic E-state index is 0.0771. The molecule has 0 spiro atoms. The normalized spacial score (nSPS) is 13.7. The Kier molecular flexibility index (Phi) is 6.58. The summed E-state index contributed by atoms with van der Waals surface area (Å²) in [6.45, 7) is 0.929. The van der Waals surface area contributed by atoms with Crippen LogP contribution in [-0.2, 0) is 4.79 Å². The van der Waals surface area contributed by atoms with Crippen LogP contribution in [0.2, 0.25) is 5.02 Å². The summed E-state index contributed by atoms with van der Waals surface area (Å²) in [7, 11) is 0. The number of ether oxygens (including phenoxy) is 2. The van der Waals surface area contributed by atoms with Crippen LogP contribution < -0.4 is 14.9 Å². The van der Waals surface area contributed by atoms with Gasteiger partial charge >= 0.3 is 0 Å². The number of aromatic hydroxyl groups is 1.